The third-order valence-corrected chi connectivity index (χ3v) is 2.30. The minimum Gasteiger partial charge on any atom is -0.475 e. The summed E-state index contributed by atoms with van der Waals surface area (Å²) in [7, 11) is 0. The molecule has 0 aromatic heterocycles. The summed E-state index contributed by atoms with van der Waals surface area (Å²) < 4.78 is 0. The standard InChI is InChI=1S/C11H13NO3/c1-2-9(10(13)11(14)15)8-4-3-6-12-7-5-8/h3-4,6-7,9H,2,5H2,1H3,(H,14,15). The summed E-state index contributed by atoms with van der Waals surface area (Å²) in [6.07, 6.45) is 7.81. The highest BCUT2D eigenvalue weighted by Gasteiger charge is 2.25. The number of nitrogens with zero attached hydrogens (tertiary/aromatic N) is 1. The zero-order valence-electron chi connectivity index (χ0n) is 8.51. The molecule has 4 heteroatoms. The molecule has 1 aliphatic heterocycles. The maximum absolute atomic E-state index is 11.4. The van der Waals surface area contributed by atoms with Gasteiger partial charge in [0.15, 0.2) is 0 Å². The minimum absolute atomic E-state index is 0.499. The van der Waals surface area contributed by atoms with Gasteiger partial charge >= 0.3 is 5.97 Å². The molecule has 0 saturated carbocycles. The van der Waals surface area contributed by atoms with Crippen molar-refractivity contribution in [1.82, 2.24) is 0 Å². The van der Waals surface area contributed by atoms with Crippen molar-refractivity contribution < 1.29 is 14.7 Å². The molecule has 1 heterocycles. The summed E-state index contributed by atoms with van der Waals surface area (Å²) in [5, 5.41) is 8.66. The van der Waals surface area contributed by atoms with Gasteiger partial charge in [0, 0.05) is 18.8 Å². The van der Waals surface area contributed by atoms with Crippen molar-refractivity contribution in [2.45, 2.75) is 19.8 Å². The Hall–Kier alpha value is -1.71. The molecule has 0 fully saturated rings. The summed E-state index contributed by atoms with van der Waals surface area (Å²) in [5.41, 5.74) is 0.808. The lowest BCUT2D eigenvalue weighted by molar-refractivity contribution is -0.150. The first-order chi connectivity index (χ1) is 7.16. The van der Waals surface area contributed by atoms with Crippen molar-refractivity contribution in [2.75, 3.05) is 0 Å². The van der Waals surface area contributed by atoms with E-state index in [9.17, 15) is 9.59 Å². The predicted molar refractivity (Wildman–Crippen MR) is 56.8 cm³/mol. The van der Waals surface area contributed by atoms with Crippen LogP contribution in [0, 0.1) is 5.92 Å². The predicted octanol–water partition coefficient (Wildman–Crippen LogP) is 1.58. The van der Waals surface area contributed by atoms with E-state index in [4.69, 9.17) is 5.11 Å². The Morgan fingerprint density at radius 1 is 1.60 bits per heavy atom. The highest BCUT2D eigenvalue weighted by atomic mass is 16.4. The molecule has 0 spiro atoms. The fourth-order valence-corrected chi connectivity index (χ4v) is 1.53. The van der Waals surface area contributed by atoms with Gasteiger partial charge in [0.2, 0.25) is 5.78 Å². The number of Topliss-reactive ketones (excluding diaryl/α,β-unsaturated/α-hetero) is 1. The Bertz CT molecular complexity index is 353. The first-order valence-corrected chi connectivity index (χ1v) is 4.81. The fourth-order valence-electron chi connectivity index (χ4n) is 1.53. The normalized spacial score (nSPS) is 16.7. The Morgan fingerprint density at radius 2 is 2.33 bits per heavy atom. The van der Waals surface area contributed by atoms with Crippen LogP contribution in [-0.2, 0) is 9.59 Å². The highest BCUT2D eigenvalue weighted by Crippen LogP contribution is 2.20. The zero-order chi connectivity index (χ0) is 11.3. The van der Waals surface area contributed by atoms with E-state index in [1.54, 1.807) is 31.5 Å². The maximum Gasteiger partial charge on any atom is 0.372 e. The second-order valence-corrected chi connectivity index (χ2v) is 3.25. The number of hydrogen-bond acceptors (Lipinski definition) is 3. The van der Waals surface area contributed by atoms with E-state index in [1.807, 2.05) is 0 Å². The smallest absolute Gasteiger partial charge is 0.372 e. The van der Waals surface area contributed by atoms with Crippen molar-refractivity contribution in [2.24, 2.45) is 10.9 Å². The SMILES string of the molecule is CCC(C(=O)C(=O)O)C1=CC=CN=CC1. The molecule has 0 bridgehead atoms. The third-order valence-electron chi connectivity index (χ3n) is 2.30. The molecule has 1 unspecified atom stereocenters. The van der Waals surface area contributed by atoms with Gasteiger partial charge in [0.1, 0.15) is 0 Å². The molecule has 0 aromatic carbocycles. The number of ketones is 1. The number of carboxylic acids is 1. The van der Waals surface area contributed by atoms with Crippen LogP contribution in [0.2, 0.25) is 0 Å². The molecule has 0 aliphatic carbocycles. The summed E-state index contributed by atoms with van der Waals surface area (Å²) in [4.78, 5) is 25.9. The number of carbonyl (C=O) groups is 2. The molecule has 0 saturated heterocycles. The van der Waals surface area contributed by atoms with Gasteiger partial charge in [-0.25, -0.2) is 4.79 Å². The van der Waals surface area contributed by atoms with E-state index < -0.39 is 17.7 Å². The molecule has 1 aliphatic rings. The van der Waals surface area contributed by atoms with Gasteiger partial charge in [0.25, 0.3) is 0 Å². The van der Waals surface area contributed by atoms with E-state index in [2.05, 4.69) is 4.99 Å². The Balaban J connectivity index is 2.87. The van der Waals surface area contributed by atoms with Gasteiger partial charge in [-0.1, -0.05) is 18.6 Å². The molecular weight excluding hydrogens is 194 g/mol. The van der Waals surface area contributed by atoms with Gasteiger partial charge in [-0.15, -0.1) is 0 Å². The van der Waals surface area contributed by atoms with Crippen LogP contribution < -0.4 is 0 Å². The van der Waals surface area contributed by atoms with Crippen molar-refractivity contribution in [3.8, 4) is 0 Å². The molecule has 0 amide bonds. The van der Waals surface area contributed by atoms with Crippen LogP contribution in [-0.4, -0.2) is 23.1 Å². The van der Waals surface area contributed by atoms with Crippen LogP contribution >= 0.6 is 0 Å². The van der Waals surface area contributed by atoms with Crippen molar-refractivity contribution in [1.29, 1.82) is 0 Å². The average Bonchev–Trinajstić information content (AvgIpc) is 2.47. The lowest BCUT2D eigenvalue weighted by atomic mass is 9.90. The second-order valence-electron chi connectivity index (χ2n) is 3.25. The molecule has 15 heavy (non-hydrogen) atoms. The second kappa shape index (κ2) is 5.24. The van der Waals surface area contributed by atoms with Gasteiger partial charge in [-0.05, 0) is 12.5 Å². The monoisotopic (exact) mass is 207 g/mol. The summed E-state index contributed by atoms with van der Waals surface area (Å²) in [6.45, 7) is 1.80. The van der Waals surface area contributed by atoms with Crippen LogP contribution in [0.15, 0.2) is 28.9 Å². The maximum atomic E-state index is 11.4. The highest BCUT2D eigenvalue weighted by molar-refractivity contribution is 6.34. The van der Waals surface area contributed by atoms with E-state index >= 15 is 0 Å². The number of carbonyl (C=O) groups excluding carboxylic acids is 1. The molecule has 80 valence electrons. The molecule has 1 atom stereocenters. The quantitative estimate of drug-likeness (QED) is 0.711. The van der Waals surface area contributed by atoms with Crippen molar-refractivity contribution >= 4 is 18.0 Å². The Morgan fingerprint density at radius 3 is 2.93 bits per heavy atom. The Kier molecular flexibility index (Phi) is 3.97. The van der Waals surface area contributed by atoms with E-state index in [1.165, 1.54) is 0 Å². The van der Waals surface area contributed by atoms with Crippen molar-refractivity contribution in [3.63, 3.8) is 0 Å². The van der Waals surface area contributed by atoms with E-state index in [0.717, 1.165) is 5.57 Å². The minimum atomic E-state index is -1.37. The van der Waals surface area contributed by atoms with E-state index in [0.29, 0.717) is 12.8 Å². The number of aliphatic imine (C=N–C) groups is 1. The number of hydrogen-bond donors (Lipinski definition) is 1. The first-order valence-electron chi connectivity index (χ1n) is 4.81. The molecule has 0 radical (unpaired) electrons. The van der Waals surface area contributed by atoms with Gasteiger partial charge in [-0.2, -0.15) is 0 Å². The fraction of sp³-hybridized carbons (Fsp3) is 0.364. The molecule has 1 rings (SSSR count). The van der Waals surface area contributed by atoms with Gasteiger partial charge in [-0.3, -0.25) is 9.79 Å². The van der Waals surface area contributed by atoms with Crippen LogP contribution in [0.25, 0.3) is 0 Å². The lowest BCUT2D eigenvalue weighted by Gasteiger charge is -2.13. The molecule has 1 N–H and O–H groups in total. The number of aliphatic carboxylic acids is 1. The van der Waals surface area contributed by atoms with Gasteiger partial charge < -0.3 is 5.11 Å². The largest absolute Gasteiger partial charge is 0.475 e. The van der Waals surface area contributed by atoms with Crippen LogP contribution in [0.3, 0.4) is 0 Å². The average molecular weight is 207 g/mol. The van der Waals surface area contributed by atoms with Gasteiger partial charge in [0.05, 0.1) is 5.92 Å². The zero-order valence-corrected chi connectivity index (χ0v) is 8.51. The number of allylic oxidation sites excluding steroid dienone is 3. The Labute approximate surface area is 88.0 Å². The van der Waals surface area contributed by atoms with Crippen LogP contribution in [0.1, 0.15) is 19.8 Å². The summed E-state index contributed by atoms with van der Waals surface area (Å²) >= 11 is 0. The number of rotatable bonds is 4. The number of carboxylic acid groups (broad SMARTS) is 1. The lowest BCUT2D eigenvalue weighted by Crippen LogP contribution is -2.24. The molecule has 0 aromatic rings. The van der Waals surface area contributed by atoms with E-state index in [-0.39, 0.29) is 0 Å². The van der Waals surface area contributed by atoms with Crippen LogP contribution in [0.4, 0.5) is 0 Å². The summed E-state index contributed by atoms with van der Waals surface area (Å²) in [5.74, 6) is -2.64. The third kappa shape index (κ3) is 2.87. The topological polar surface area (TPSA) is 66.7 Å². The molecule has 4 nitrogen and oxygen atoms in total. The first kappa shape index (κ1) is 11.4. The van der Waals surface area contributed by atoms with Crippen molar-refractivity contribution in [3.05, 3.63) is 23.9 Å². The molecular formula is C11H13NO3. The summed E-state index contributed by atoms with van der Waals surface area (Å²) in [6, 6.07) is 0. The van der Waals surface area contributed by atoms with Crippen LogP contribution in [0.5, 0.6) is 0 Å².